The zero-order chi connectivity index (χ0) is 17.4. The minimum atomic E-state index is 0.631. The van der Waals surface area contributed by atoms with Crippen molar-refractivity contribution in [2.24, 2.45) is 5.92 Å². The van der Waals surface area contributed by atoms with Gasteiger partial charge >= 0.3 is 0 Å². The maximum atomic E-state index is 5.98. The Kier molecular flexibility index (Phi) is 7.54. The molecule has 2 aromatic rings. The van der Waals surface area contributed by atoms with Crippen LogP contribution in [0.1, 0.15) is 20.3 Å². The maximum Gasteiger partial charge on any atom is 0.119 e. The summed E-state index contributed by atoms with van der Waals surface area (Å²) in [6, 6.07) is 13.5. The lowest BCUT2D eigenvalue weighted by molar-refractivity contribution is 0.289. The highest BCUT2D eigenvalue weighted by molar-refractivity contribution is 6.35. The van der Waals surface area contributed by atoms with Gasteiger partial charge in [0.25, 0.3) is 0 Å². The number of hydrogen-bond donors (Lipinski definition) is 2. The average Bonchev–Trinajstić information content (AvgIpc) is 2.52. The summed E-state index contributed by atoms with van der Waals surface area (Å²) < 4.78 is 5.71. The van der Waals surface area contributed by atoms with Gasteiger partial charge in [-0.25, -0.2) is 0 Å². The summed E-state index contributed by atoms with van der Waals surface area (Å²) in [5.74, 6) is 1.57. The van der Waals surface area contributed by atoms with E-state index in [1.165, 1.54) is 0 Å². The molecule has 2 aromatic carbocycles. The number of benzene rings is 2. The quantitative estimate of drug-likeness (QED) is 0.538. The Hall–Kier alpha value is -1.58. The zero-order valence-corrected chi connectivity index (χ0v) is 15.6. The van der Waals surface area contributed by atoms with Crippen molar-refractivity contribution in [1.29, 1.82) is 0 Å². The third-order valence-corrected chi connectivity index (χ3v) is 3.90. The molecule has 0 aliphatic heterocycles. The van der Waals surface area contributed by atoms with E-state index < -0.39 is 0 Å². The molecular formula is C19H24Cl2N2O. The van der Waals surface area contributed by atoms with Gasteiger partial charge in [-0.1, -0.05) is 37.0 Å². The highest BCUT2D eigenvalue weighted by atomic mass is 35.5. The van der Waals surface area contributed by atoms with Gasteiger partial charge in [-0.2, -0.15) is 0 Å². The minimum Gasteiger partial charge on any atom is -0.494 e. The molecule has 2 N–H and O–H groups in total. The second kappa shape index (κ2) is 9.65. The lowest BCUT2D eigenvalue weighted by atomic mass is 10.1. The van der Waals surface area contributed by atoms with Gasteiger partial charge in [0.1, 0.15) is 5.75 Å². The second-order valence-corrected chi connectivity index (χ2v) is 6.94. The molecule has 0 bridgehead atoms. The summed E-state index contributed by atoms with van der Waals surface area (Å²) in [6.07, 6.45) is 1.07. The minimum absolute atomic E-state index is 0.631. The van der Waals surface area contributed by atoms with E-state index >= 15 is 0 Å². The van der Waals surface area contributed by atoms with Crippen molar-refractivity contribution >= 4 is 34.6 Å². The smallest absolute Gasteiger partial charge is 0.119 e. The van der Waals surface area contributed by atoms with Crippen LogP contribution in [-0.4, -0.2) is 19.7 Å². The van der Waals surface area contributed by atoms with Crippen molar-refractivity contribution in [2.75, 3.05) is 30.3 Å². The van der Waals surface area contributed by atoms with E-state index in [1.54, 1.807) is 6.07 Å². The molecule has 0 radical (unpaired) electrons. The summed E-state index contributed by atoms with van der Waals surface area (Å²) in [7, 11) is 0. The molecule has 0 heterocycles. The van der Waals surface area contributed by atoms with Crippen LogP contribution < -0.4 is 15.4 Å². The van der Waals surface area contributed by atoms with Crippen LogP contribution in [0.2, 0.25) is 10.0 Å². The van der Waals surface area contributed by atoms with Gasteiger partial charge in [0.05, 0.1) is 6.61 Å². The molecule has 0 spiro atoms. The molecule has 0 atom stereocenters. The van der Waals surface area contributed by atoms with E-state index in [0.717, 1.165) is 43.2 Å². The predicted molar refractivity (Wildman–Crippen MR) is 105 cm³/mol. The summed E-state index contributed by atoms with van der Waals surface area (Å²) in [5, 5.41) is 7.91. The Morgan fingerprint density at radius 1 is 0.875 bits per heavy atom. The Bertz CT molecular complexity index is 610. The fourth-order valence-corrected chi connectivity index (χ4v) is 2.68. The molecule has 0 saturated heterocycles. The second-order valence-electron chi connectivity index (χ2n) is 6.07. The van der Waals surface area contributed by atoms with Crippen molar-refractivity contribution in [3.8, 4) is 5.75 Å². The van der Waals surface area contributed by atoms with E-state index in [2.05, 4.69) is 24.5 Å². The highest BCUT2D eigenvalue weighted by Crippen LogP contribution is 2.22. The van der Waals surface area contributed by atoms with E-state index in [4.69, 9.17) is 27.9 Å². The van der Waals surface area contributed by atoms with E-state index in [0.29, 0.717) is 16.0 Å². The van der Waals surface area contributed by atoms with E-state index in [-0.39, 0.29) is 0 Å². The SMILES string of the molecule is CC(C)CCOc1ccc(NCCNc2cc(Cl)cc(Cl)c2)cc1. The maximum absolute atomic E-state index is 5.98. The molecule has 130 valence electrons. The summed E-state index contributed by atoms with van der Waals surface area (Å²) >= 11 is 12.0. The molecule has 2 rings (SSSR count). The van der Waals surface area contributed by atoms with Crippen LogP contribution in [0.4, 0.5) is 11.4 Å². The van der Waals surface area contributed by atoms with Gasteiger partial charge in [-0.05, 0) is 54.8 Å². The molecule has 5 heteroatoms. The number of ether oxygens (including phenoxy) is 1. The van der Waals surface area contributed by atoms with Crippen LogP contribution in [0.5, 0.6) is 5.75 Å². The normalized spacial score (nSPS) is 10.7. The van der Waals surface area contributed by atoms with E-state index in [9.17, 15) is 0 Å². The van der Waals surface area contributed by atoms with Gasteiger partial charge in [0.15, 0.2) is 0 Å². The number of halogens is 2. The molecule has 0 aliphatic carbocycles. The van der Waals surface area contributed by atoms with Gasteiger partial charge in [0, 0.05) is 34.5 Å². The molecular weight excluding hydrogens is 343 g/mol. The Morgan fingerprint density at radius 2 is 1.46 bits per heavy atom. The summed E-state index contributed by atoms with van der Waals surface area (Å²) in [5.41, 5.74) is 1.99. The van der Waals surface area contributed by atoms with Crippen molar-refractivity contribution in [3.63, 3.8) is 0 Å². The largest absolute Gasteiger partial charge is 0.494 e. The first-order chi connectivity index (χ1) is 11.5. The van der Waals surface area contributed by atoms with Gasteiger partial charge in [0.2, 0.25) is 0 Å². The van der Waals surface area contributed by atoms with Crippen LogP contribution in [0.3, 0.4) is 0 Å². The number of nitrogens with one attached hydrogen (secondary N) is 2. The predicted octanol–water partition coefficient (Wildman–Crippen LogP) is 5.94. The molecule has 0 aliphatic rings. The van der Waals surface area contributed by atoms with Crippen molar-refractivity contribution < 1.29 is 4.74 Å². The highest BCUT2D eigenvalue weighted by Gasteiger charge is 1.99. The van der Waals surface area contributed by atoms with Crippen LogP contribution >= 0.6 is 23.2 Å². The molecule has 0 fully saturated rings. The Balaban J connectivity index is 1.70. The number of rotatable bonds is 9. The fraction of sp³-hybridized carbons (Fsp3) is 0.368. The standard InChI is InChI=1S/C19H24Cl2N2O/c1-14(2)7-10-24-19-5-3-17(4-6-19)22-8-9-23-18-12-15(20)11-16(21)13-18/h3-6,11-14,22-23H,7-10H2,1-2H3. The monoisotopic (exact) mass is 366 g/mol. The molecule has 0 aromatic heterocycles. The first kappa shape index (κ1) is 18.8. The first-order valence-electron chi connectivity index (χ1n) is 8.19. The van der Waals surface area contributed by atoms with Gasteiger partial charge in [-0.3, -0.25) is 0 Å². The van der Waals surface area contributed by atoms with Crippen LogP contribution in [0.25, 0.3) is 0 Å². The lowest BCUT2D eigenvalue weighted by Gasteiger charge is -2.11. The zero-order valence-electron chi connectivity index (χ0n) is 14.1. The third kappa shape index (κ3) is 6.90. The summed E-state index contributed by atoms with van der Waals surface area (Å²) in [6.45, 7) is 6.71. The molecule has 24 heavy (non-hydrogen) atoms. The van der Waals surface area contributed by atoms with Crippen LogP contribution in [-0.2, 0) is 0 Å². The van der Waals surface area contributed by atoms with Gasteiger partial charge in [-0.15, -0.1) is 0 Å². The topological polar surface area (TPSA) is 33.3 Å². The van der Waals surface area contributed by atoms with Crippen molar-refractivity contribution in [3.05, 3.63) is 52.5 Å². The first-order valence-corrected chi connectivity index (χ1v) is 8.95. The van der Waals surface area contributed by atoms with Gasteiger partial charge < -0.3 is 15.4 Å². The van der Waals surface area contributed by atoms with E-state index in [1.807, 2.05) is 36.4 Å². The van der Waals surface area contributed by atoms with Crippen LogP contribution in [0, 0.1) is 5.92 Å². The molecule has 0 unspecified atom stereocenters. The Morgan fingerprint density at radius 3 is 2.04 bits per heavy atom. The number of hydrogen-bond acceptors (Lipinski definition) is 3. The molecule has 3 nitrogen and oxygen atoms in total. The van der Waals surface area contributed by atoms with Crippen molar-refractivity contribution in [2.45, 2.75) is 20.3 Å². The van der Waals surface area contributed by atoms with Crippen LogP contribution in [0.15, 0.2) is 42.5 Å². The third-order valence-electron chi connectivity index (χ3n) is 3.46. The lowest BCUT2D eigenvalue weighted by Crippen LogP contribution is -2.13. The number of anilines is 2. The average molecular weight is 367 g/mol. The Labute approximate surface area is 154 Å². The summed E-state index contributed by atoms with van der Waals surface area (Å²) in [4.78, 5) is 0. The molecule has 0 saturated carbocycles. The molecule has 0 amide bonds. The van der Waals surface area contributed by atoms with Crippen molar-refractivity contribution in [1.82, 2.24) is 0 Å². The fourth-order valence-electron chi connectivity index (χ4n) is 2.15.